The van der Waals surface area contributed by atoms with Crippen LogP contribution in [0.2, 0.25) is 0 Å². The van der Waals surface area contributed by atoms with Crippen LogP contribution in [0.1, 0.15) is 12.8 Å². The molecule has 0 aromatic rings. The standard InChI is InChI=1S/C8H11Cl2NO2.ClH/c9-5-4-1-2-8(3-11,13-4)7(10)6(5)12;/h4-5,7H,1-3,11H2;1H/t4-,5-,7-,8?;/m1./s1. The Hall–Kier alpha value is 0.460. The fourth-order valence-corrected chi connectivity index (χ4v) is 2.79. The predicted octanol–water partition coefficient (Wildman–Crippen LogP) is 1.08. The smallest absolute Gasteiger partial charge is 0.174 e. The molecule has 2 bridgehead atoms. The molecule has 2 heterocycles. The van der Waals surface area contributed by atoms with Gasteiger partial charge in [0.1, 0.15) is 16.4 Å². The molecule has 2 saturated heterocycles. The molecule has 4 atom stereocenters. The molecule has 6 heteroatoms. The largest absolute Gasteiger partial charge is 0.366 e. The first-order chi connectivity index (χ1) is 6.10. The average Bonchev–Trinajstić information content (AvgIpc) is 2.55. The van der Waals surface area contributed by atoms with Crippen molar-refractivity contribution in [1.82, 2.24) is 0 Å². The molecule has 0 amide bonds. The van der Waals surface area contributed by atoms with Crippen molar-refractivity contribution in [2.24, 2.45) is 5.73 Å². The van der Waals surface area contributed by atoms with Gasteiger partial charge in [-0.1, -0.05) is 0 Å². The number of hydrogen-bond acceptors (Lipinski definition) is 3. The van der Waals surface area contributed by atoms with Crippen LogP contribution in [0, 0.1) is 0 Å². The Labute approximate surface area is 98.7 Å². The number of carbonyl (C=O) groups is 1. The highest BCUT2D eigenvalue weighted by Gasteiger charge is 2.56. The minimum Gasteiger partial charge on any atom is -0.366 e. The molecule has 0 saturated carbocycles. The van der Waals surface area contributed by atoms with Gasteiger partial charge in [-0.2, -0.15) is 0 Å². The molecule has 1 unspecified atom stereocenters. The van der Waals surface area contributed by atoms with Crippen molar-refractivity contribution in [3.8, 4) is 0 Å². The van der Waals surface area contributed by atoms with Gasteiger partial charge in [0.2, 0.25) is 0 Å². The molecule has 0 spiro atoms. The summed E-state index contributed by atoms with van der Waals surface area (Å²) in [6, 6.07) is 0. The van der Waals surface area contributed by atoms with Gasteiger partial charge in [-0.05, 0) is 12.8 Å². The summed E-state index contributed by atoms with van der Waals surface area (Å²) in [5.41, 5.74) is 4.92. The molecule has 2 N–H and O–H groups in total. The van der Waals surface area contributed by atoms with Crippen molar-refractivity contribution in [3.05, 3.63) is 0 Å². The molecule has 0 aromatic heterocycles. The second-order valence-corrected chi connectivity index (χ2v) is 4.54. The van der Waals surface area contributed by atoms with E-state index < -0.39 is 16.4 Å². The number of ketones is 1. The van der Waals surface area contributed by atoms with Crippen molar-refractivity contribution < 1.29 is 9.53 Å². The normalized spacial score (nSPS) is 46.2. The topological polar surface area (TPSA) is 52.3 Å². The number of fused-ring (bicyclic) bond motifs is 2. The summed E-state index contributed by atoms with van der Waals surface area (Å²) in [5.74, 6) is -0.137. The highest BCUT2D eigenvalue weighted by atomic mass is 35.5. The second kappa shape index (κ2) is 4.14. The number of ether oxygens (including phenoxy) is 1. The van der Waals surface area contributed by atoms with E-state index in [1.54, 1.807) is 0 Å². The maximum Gasteiger partial charge on any atom is 0.174 e. The Morgan fingerprint density at radius 1 is 1.57 bits per heavy atom. The van der Waals surface area contributed by atoms with E-state index in [0.717, 1.165) is 12.8 Å². The van der Waals surface area contributed by atoms with Gasteiger partial charge in [-0.25, -0.2) is 0 Å². The average molecular weight is 261 g/mol. The summed E-state index contributed by atoms with van der Waals surface area (Å²) in [6.45, 7) is 0.285. The number of rotatable bonds is 1. The van der Waals surface area contributed by atoms with Crippen LogP contribution < -0.4 is 5.73 Å². The van der Waals surface area contributed by atoms with Crippen molar-refractivity contribution in [2.75, 3.05) is 6.54 Å². The fourth-order valence-electron chi connectivity index (χ4n) is 2.03. The van der Waals surface area contributed by atoms with Gasteiger partial charge in [0.25, 0.3) is 0 Å². The van der Waals surface area contributed by atoms with Crippen LogP contribution in [0.5, 0.6) is 0 Å². The van der Waals surface area contributed by atoms with Crippen molar-refractivity contribution in [3.63, 3.8) is 0 Å². The summed E-state index contributed by atoms with van der Waals surface area (Å²) in [4.78, 5) is 11.6. The maximum absolute atomic E-state index is 11.6. The predicted molar refractivity (Wildman–Crippen MR) is 57.4 cm³/mol. The molecule has 14 heavy (non-hydrogen) atoms. The number of carbonyl (C=O) groups excluding carboxylic acids is 1. The van der Waals surface area contributed by atoms with Crippen LogP contribution in [0.15, 0.2) is 0 Å². The Balaban J connectivity index is 0.000000980. The van der Waals surface area contributed by atoms with Crippen molar-refractivity contribution in [2.45, 2.75) is 35.3 Å². The summed E-state index contributed by atoms with van der Waals surface area (Å²) in [7, 11) is 0. The lowest BCUT2D eigenvalue weighted by Gasteiger charge is -2.37. The molecular weight excluding hydrogens is 248 g/mol. The zero-order valence-electron chi connectivity index (χ0n) is 7.41. The Morgan fingerprint density at radius 2 is 2.21 bits per heavy atom. The quantitative estimate of drug-likeness (QED) is 0.718. The van der Waals surface area contributed by atoms with Crippen LogP contribution in [0.25, 0.3) is 0 Å². The molecule has 0 radical (unpaired) electrons. The van der Waals surface area contributed by atoms with Crippen LogP contribution in [0.4, 0.5) is 0 Å². The zero-order chi connectivity index (χ0) is 9.64. The summed E-state index contributed by atoms with van der Waals surface area (Å²) in [6.07, 6.45) is 1.32. The molecule has 0 aromatic carbocycles. The number of Topliss-reactive ketones (excluding diaryl/α,β-unsaturated/α-hetero) is 1. The van der Waals surface area contributed by atoms with Gasteiger partial charge in [0.05, 0.1) is 6.10 Å². The lowest BCUT2D eigenvalue weighted by Crippen LogP contribution is -2.56. The Morgan fingerprint density at radius 3 is 2.79 bits per heavy atom. The molecule has 0 aliphatic carbocycles. The molecule has 2 fully saturated rings. The minimum absolute atomic E-state index is 0. The van der Waals surface area contributed by atoms with E-state index in [0.29, 0.717) is 0 Å². The third-order valence-electron chi connectivity index (χ3n) is 2.89. The summed E-state index contributed by atoms with van der Waals surface area (Å²) < 4.78 is 5.62. The van der Waals surface area contributed by atoms with E-state index in [9.17, 15) is 4.79 Å². The van der Waals surface area contributed by atoms with Gasteiger partial charge in [-0.3, -0.25) is 4.79 Å². The fraction of sp³-hybridized carbons (Fsp3) is 0.875. The van der Waals surface area contributed by atoms with Crippen LogP contribution in [-0.2, 0) is 9.53 Å². The van der Waals surface area contributed by atoms with E-state index in [4.69, 9.17) is 33.7 Å². The van der Waals surface area contributed by atoms with Crippen LogP contribution in [-0.4, -0.2) is 34.8 Å². The molecular formula is C8H12Cl3NO2. The first-order valence-electron chi connectivity index (χ1n) is 4.30. The summed E-state index contributed by atoms with van der Waals surface area (Å²) >= 11 is 11.8. The van der Waals surface area contributed by atoms with Gasteiger partial charge in [0, 0.05) is 6.54 Å². The van der Waals surface area contributed by atoms with E-state index >= 15 is 0 Å². The third-order valence-corrected chi connectivity index (χ3v) is 4.00. The SMILES string of the molecule is Cl.NCC12CC[C@@H](O1)[C@@H](Cl)C(=O)[C@H]2Cl. The first-order valence-corrected chi connectivity index (χ1v) is 5.18. The number of halogens is 3. The number of nitrogens with two attached hydrogens (primary N) is 1. The minimum atomic E-state index is -0.682. The van der Waals surface area contributed by atoms with E-state index in [2.05, 4.69) is 0 Å². The van der Waals surface area contributed by atoms with Crippen molar-refractivity contribution in [1.29, 1.82) is 0 Å². The Bertz CT molecular complexity index is 251. The maximum atomic E-state index is 11.6. The molecule has 2 aliphatic rings. The zero-order valence-corrected chi connectivity index (χ0v) is 9.74. The monoisotopic (exact) mass is 259 g/mol. The second-order valence-electron chi connectivity index (χ2n) is 3.63. The molecule has 2 aliphatic heterocycles. The van der Waals surface area contributed by atoms with Crippen LogP contribution in [0.3, 0.4) is 0 Å². The lowest BCUT2D eigenvalue weighted by molar-refractivity contribution is -0.136. The van der Waals surface area contributed by atoms with E-state index in [-0.39, 0.29) is 30.8 Å². The van der Waals surface area contributed by atoms with Crippen molar-refractivity contribution >= 4 is 41.4 Å². The highest BCUT2D eigenvalue weighted by molar-refractivity contribution is 6.41. The van der Waals surface area contributed by atoms with Gasteiger partial charge < -0.3 is 10.5 Å². The summed E-state index contributed by atoms with van der Waals surface area (Å²) in [5, 5.41) is -1.27. The molecule has 82 valence electrons. The van der Waals surface area contributed by atoms with Gasteiger partial charge in [0.15, 0.2) is 5.78 Å². The van der Waals surface area contributed by atoms with Crippen LogP contribution >= 0.6 is 35.6 Å². The van der Waals surface area contributed by atoms with E-state index in [1.807, 2.05) is 0 Å². The van der Waals surface area contributed by atoms with Gasteiger partial charge >= 0.3 is 0 Å². The highest BCUT2D eigenvalue weighted by Crippen LogP contribution is 2.43. The van der Waals surface area contributed by atoms with E-state index in [1.165, 1.54) is 0 Å². The first kappa shape index (κ1) is 12.5. The lowest BCUT2D eigenvalue weighted by atomic mass is 9.93. The number of alkyl halides is 2. The molecule has 2 rings (SSSR count). The van der Waals surface area contributed by atoms with Gasteiger partial charge in [-0.15, -0.1) is 35.6 Å². The molecule has 3 nitrogen and oxygen atoms in total. The Kier molecular flexibility index (Phi) is 3.71. The number of hydrogen-bond donors (Lipinski definition) is 1. The third kappa shape index (κ3) is 1.55.